The maximum Gasteiger partial charge on any atom is 1.00 e. The Morgan fingerprint density at radius 2 is 1.59 bits per heavy atom. The Labute approximate surface area is 144 Å². The van der Waals surface area contributed by atoms with Gasteiger partial charge in [-0.05, 0) is 44.0 Å². The molecule has 2 rings (SSSR count). The van der Waals surface area contributed by atoms with Crippen LogP contribution in [0.5, 0.6) is 5.75 Å². The Morgan fingerprint density at radius 3 is 2.14 bits per heavy atom. The Kier molecular flexibility index (Phi) is 6.84. The normalized spacial score (nSPS) is 10.4. The first-order chi connectivity index (χ1) is 9.97. The fraction of sp³-hybridized carbons (Fsp3) is 0.188. The van der Waals surface area contributed by atoms with Gasteiger partial charge in [-0.1, -0.05) is 35.9 Å². The molecule has 0 fully saturated rings. The van der Waals surface area contributed by atoms with E-state index >= 15 is 0 Å². The first kappa shape index (κ1) is 18.5. The van der Waals surface area contributed by atoms with Crippen molar-refractivity contribution in [3.05, 3.63) is 64.7 Å². The summed E-state index contributed by atoms with van der Waals surface area (Å²) in [7, 11) is -2.55. The summed E-state index contributed by atoms with van der Waals surface area (Å²) in [6.45, 7) is 5.59. The van der Waals surface area contributed by atoms with E-state index < -0.39 is 14.2 Å². The average molecular weight is 311 g/mol. The molecule has 0 N–H and O–H groups in total. The summed E-state index contributed by atoms with van der Waals surface area (Å²) in [5.41, 5.74) is 3.08. The van der Waals surface area contributed by atoms with Gasteiger partial charge in [-0.3, -0.25) is 0 Å². The summed E-state index contributed by atoms with van der Waals surface area (Å²) in [5.74, 6) is -0.245. The summed E-state index contributed by atoms with van der Waals surface area (Å²) >= 11 is 0. The van der Waals surface area contributed by atoms with Crippen LogP contribution in [-0.2, 0) is 9.09 Å². The number of hydrogen-bond donors (Lipinski definition) is 0. The van der Waals surface area contributed by atoms with Crippen molar-refractivity contribution < 1.29 is 38.7 Å². The molecule has 0 heterocycles. The van der Waals surface area contributed by atoms with Gasteiger partial charge in [0, 0.05) is 4.57 Å². The number of aryl methyl sites for hydroxylation is 3. The smallest absolute Gasteiger partial charge is 1.00 e. The van der Waals surface area contributed by atoms with Crippen molar-refractivity contribution in [3.63, 3.8) is 0 Å². The van der Waals surface area contributed by atoms with Crippen molar-refractivity contribution >= 4 is 14.2 Å². The molecule has 0 saturated heterocycles. The van der Waals surface area contributed by atoms with Crippen LogP contribution in [0, 0.1) is 20.8 Å². The van der Waals surface area contributed by atoms with E-state index in [-0.39, 0.29) is 20.3 Å². The molecule has 0 aliphatic carbocycles. The van der Waals surface area contributed by atoms with Crippen LogP contribution in [0.4, 0.5) is 0 Å². The van der Waals surface area contributed by atoms with E-state index in [2.05, 4.69) is 0 Å². The molecule has 1 atom stereocenters. The van der Waals surface area contributed by atoms with E-state index in [1.54, 1.807) is 24.3 Å². The summed E-state index contributed by atoms with van der Waals surface area (Å²) in [6, 6.07) is 12.4. The number of carbonyl (C=O) groups is 1. The summed E-state index contributed by atoms with van der Waals surface area (Å²) in [5, 5.41) is 0. The van der Waals surface area contributed by atoms with Crippen LogP contribution < -0.4 is 23.4 Å². The molecule has 2 aromatic carbocycles. The molecule has 0 bridgehead atoms. The van der Waals surface area contributed by atoms with Crippen LogP contribution in [0.1, 0.15) is 28.5 Å². The fourth-order valence-electron chi connectivity index (χ4n) is 2.20. The van der Waals surface area contributed by atoms with E-state index in [4.69, 9.17) is 9.05 Å². The summed E-state index contributed by atoms with van der Waals surface area (Å²) in [6.07, 6.45) is 0. The second-order valence-electron chi connectivity index (χ2n) is 4.78. The Morgan fingerprint density at radius 1 is 1.05 bits per heavy atom. The largest absolute Gasteiger partial charge is 1.00 e. The number of rotatable bonds is 4. The minimum absolute atomic E-state index is 0. The third kappa shape index (κ3) is 4.71. The van der Waals surface area contributed by atoms with Gasteiger partial charge in [0.2, 0.25) is 0 Å². The molecule has 110 valence electrons. The quantitative estimate of drug-likeness (QED) is 0.636. The van der Waals surface area contributed by atoms with Gasteiger partial charge in [0.15, 0.2) is 5.75 Å². The van der Waals surface area contributed by atoms with Gasteiger partial charge in [-0.25, -0.2) is 9.32 Å². The third-order valence-electron chi connectivity index (χ3n) is 2.96. The standard InChI is InChI=1S/C16H16O4P.Li.H/c1-11-9-12(2)15(13(3)10-11)16(17)20-21(18)19-14-7-5-4-6-8-14;;/h4-10H,1-3H3;;/q2*+1;-1. The predicted molar refractivity (Wildman–Crippen MR) is 81.9 cm³/mol. The van der Waals surface area contributed by atoms with Crippen molar-refractivity contribution in [1.82, 2.24) is 0 Å². The molecule has 0 aliphatic rings. The van der Waals surface area contributed by atoms with Crippen molar-refractivity contribution in [2.24, 2.45) is 0 Å². The number of carbonyl (C=O) groups excluding carboxylic acids is 1. The first-order valence-corrected chi connectivity index (χ1v) is 7.57. The molecule has 2 aromatic rings. The van der Waals surface area contributed by atoms with Crippen LogP contribution >= 0.6 is 8.25 Å². The Balaban J connectivity index is 0.00000242. The molecular weight excluding hydrogens is 294 g/mol. The summed E-state index contributed by atoms with van der Waals surface area (Å²) in [4.78, 5) is 12.1. The Hall–Kier alpha value is -1.59. The molecule has 0 saturated carbocycles. The second-order valence-corrected chi connectivity index (χ2v) is 5.59. The maximum atomic E-state index is 12.1. The van der Waals surface area contributed by atoms with Crippen molar-refractivity contribution in [3.8, 4) is 5.75 Å². The second kappa shape index (κ2) is 8.15. The third-order valence-corrected chi connectivity index (χ3v) is 3.64. The zero-order valence-electron chi connectivity index (χ0n) is 14.1. The van der Waals surface area contributed by atoms with Crippen LogP contribution in [0.3, 0.4) is 0 Å². The molecule has 0 spiro atoms. The van der Waals surface area contributed by atoms with Crippen LogP contribution in [0.2, 0.25) is 0 Å². The van der Waals surface area contributed by atoms with Crippen LogP contribution in [-0.4, -0.2) is 5.97 Å². The number of para-hydroxylation sites is 1. The molecule has 4 nitrogen and oxygen atoms in total. The topological polar surface area (TPSA) is 52.6 Å². The van der Waals surface area contributed by atoms with Gasteiger partial charge in [-0.2, -0.15) is 4.52 Å². The van der Waals surface area contributed by atoms with Gasteiger partial charge >= 0.3 is 33.1 Å². The van der Waals surface area contributed by atoms with E-state index in [1.807, 2.05) is 39.0 Å². The maximum absolute atomic E-state index is 12.1. The van der Waals surface area contributed by atoms with Crippen molar-refractivity contribution in [2.45, 2.75) is 20.8 Å². The first-order valence-electron chi connectivity index (χ1n) is 6.48. The molecule has 22 heavy (non-hydrogen) atoms. The molecule has 6 heteroatoms. The van der Waals surface area contributed by atoms with E-state index in [0.717, 1.165) is 16.7 Å². The summed E-state index contributed by atoms with van der Waals surface area (Å²) < 4.78 is 21.7. The zero-order chi connectivity index (χ0) is 15.4. The fourth-order valence-corrected chi connectivity index (χ4v) is 2.76. The van der Waals surface area contributed by atoms with Crippen LogP contribution in [0.15, 0.2) is 42.5 Å². The van der Waals surface area contributed by atoms with E-state index in [9.17, 15) is 9.36 Å². The average Bonchev–Trinajstić information content (AvgIpc) is 2.38. The van der Waals surface area contributed by atoms with Gasteiger partial charge in [-0.15, -0.1) is 0 Å². The Bertz CT molecular complexity index is 669. The molecule has 0 radical (unpaired) electrons. The minimum Gasteiger partial charge on any atom is -1.00 e. The number of benzene rings is 2. The monoisotopic (exact) mass is 311 g/mol. The van der Waals surface area contributed by atoms with Crippen LogP contribution in [0.25, 0.3) is 0 Å². The molecule has 1 unspecified atom stereocenters. The molecular formula is C16H17LiO4P+. The van der Waals surface area contributed by atoms with E-state index in [1.165, 1.54) is 0 Å². The molecule has 0 aliphatic heterocycles. The molecule has 0 amide bonds. The van der Waals surface area contributed by atoms with Gasteiger partial charge in [0.05, 0.1) is 5.56 Å². The van der Waals surface area contributed by atoms with Gasteiger partial charge in [0.25, 0.3) is 0 Å². The van der Waals surface area contributed by atoms with E-state index in [0.29, 0.717) is 11.3 Å². The zero-order valence-corrected chi connectivity index (χ0v) is 14.0. The number of hydrogen-bond acceptors (Lipinski definition) is 4. The van der Waals surface area contributed by atoms with Gasteiger partial charge < -0.3 is 1.43 Å². The molecule has 0 aromatic heterocycles. The van der Waals surface area contributed by atoms with Gasteiger partial charge in [0.1, 0.15) is 0 Å². The van der Waals surface area contributed by atoms with Crippen molar-refractivity contribution in [2.75, 3.05) is 0 Å². The van der Waals surface area contributed by atoms with Crippen molar-refractivity contribution in [1.29, 1.82) is 0 Å². The SMILES string of the molecule is Cc1cc(C)c(C(=O)O[P+](=O)Oc2ccccc2)c(C)c1.[H-].[Li+]. The minimum atomic E-state index is -2.55. The predicted octanol–water partition coefficient (Wildman–Crippen LogP) is 1.62.